The van der Waals surface area contributed by atoms with Crippen molar-refractivity contribution in [1.29, 1.82) is 0 Å². The Bertz CT molecular complexity index is 1180. The van der Waals surface area contributed by atoms with Crippen LogP contribution in [0.3, 0.4) is 0 Å². The third kappa shape index (κ3) is 2.94. The molecule has 8 nitrogen and oxygen atoms in total. The quantitative estimate of drug-likeness (QED) is 0.541. The van der Waals surface area contributed by atoms with Crippen molar-refractivity contribution in [3.63, 3.8) is 0 Å². The molecule has 142 valence electrons. The van der Waals surface area contributed by atoms with Crippen molar-refractivity contribution < 1.29 is 8.81 Å². The molecule has 0 N–H and O–H groups in total. The van der Waals surface area contributed by atoms with E-state index in [4.69, 9.17) is 4.42 Å². The average Bonchev–Trinajstić information content (AvgIpc) is 3.43. The summed E-state index contributed by atoms with van der Waals surface area (Å²) in [6.45, 7) is 1.17. The minimum atomic E-state index is -0.361. The molecule has 1 unspecified atom stereocenters. The van der Waals surface area contributed by atoms with E-state index < -0.39 is 0 Å². The summed E-state index contributed by atoms with van der Waals surface area (Å²) in [6.07, 6.45) is 6.91. The Balaban J connectivity index is 1.44. The fraction of sp³-hybridized carbons (Fsp3) is 0.263. The second-order valence-electron chi connectivity index (χ2n) is 6.78. The molecule has 4 aromatic rings. The highest BCUT2D eigenvalue weighted by atomic mass is 19.1. The molecule has 9 heteroatoms. The molecular weight excluding hydrogens is 363 g/mol. The number of hydrogen-bond acceptors (Lipinski definition) is 6. The predicted octanol–water partition coefficient (Wildman–Crippen LogP) is 2.38. The first kappa shape index (κ1) is 16.7. The molecule has 0 aliphatic carbocycles. The zero-order chi connectivity index (χ0) is 19.1. The zero-order valence-corrected chi connectivity index (χ0v) is 14.9. The van der Waals surface area contributed by atoms with Crippen LogP contribution in [0.1, 0.15) is 12.8 Å². The molecule has 1 fully saturated rings. The van der Waals surface area contributed by atoms with Crippen molar-refractivity contribution in [2.45, 2.75) is 25.4 Å². The van der Waals surface area contributed by atoms with Crippen LogP contribution < -0.4 is 10.5 Å². The first-order valence-corrected chi connectivity index (χ1v) is 9.06. The summed E-state index contributed by atoms with van der Waals surface area (Å²) < 4.78 is 22.4. The van der Waals surface area contributed by atoms with Crippen molar-refractivity contribution in [2.24, 2.45) is 0 Å². The van der Waals surface area contributed by atoms with Crippen LogP contribution in [0.2, 0.25) is 0 Å². The molecule has 1 aliphatic rings. The lowest BCUT2D eigenvalue weighted by atomic mass is 10.2. The van der Waals surface area contributed by atoms with E-state index in [2.05, 4.69) is 15.1 Å². The standard InChI is InChI=1S/C19H17FN6O2/c20-13-3-4-15-16(10-13)28-19(22-15)25-8-1-2-14(25)11-26-18(27)6-5-17(23-26)24-9-7-21-12-24/h3-7,9-10,12,14H,1-2,8,11H2. The summed E-state index contributed by atoms with van der Waals surface area (Å²) in [4.78, 5) is 22.8. The third-order valence-electron chi connectivity index (χ3n) is 4.97. The van der Waals surface area contributed by atoms with Gasteiger partial charge in [-0.2, -0.15) is 10.1 Å². The molecule has 28 heavy (non-hydrogen) atoms. The second-order valence-corrected chi connectivity index (χ2v) is 6.78. The molecule has 3 aromatic heterocycles. The van der Waals surface area contributed by atoms with Crippen LogP contribution in [-0.4, -0.2) is 36.9 Å². The lowest BCUT2D eigenvalue weighted by Gasteiger charge is -2.23. The predicted molar refractivity (Wildman–Crippen MR) is 100.0 cm³/mol. The maximum Gasteiger partial charge on any atom is 0.298 e. The van der Waals surface area contributed by atoms with E-state index in [1.807, 2.05) is 4.90 Å². The van der Waals surface area contributed by atoms with E-state index in [1.54, 1.807) is 35.4 Å². The zero-order valence-electron chi connectivity index (χ0n) is 14.9. The smallest absolute Gasteiger partial charge is 0.298 e. The van der Waals surface area contributed by atoms with Gasteiger partial charge in [-0.25, -0.2) is 14.1 Å². The molecule has 1 aliphatic heterocycles. The van der Waals surface area contributed by atoms with Crippen LogP contribution in [0.4, 0.5) is 10.4 Å². The summed E-state index contributed by atoms with van der Waals surface area (Å²) in [5.41, 5.74) is 0.854. The minimum absolute atomic E-state index is 0.0150. The van der Waals surface area contributed by atoms with Crippen LogP contribution in [0.25, 0.3) is 16.9 Å². The molecule has 1 aromatic carbocycles. The highest BCUT2D eigenvalue weighted by molar-refractivity contribution is 5.74. The third-order valence-corrected chi connectivity index (χ3v) is 4.97. The fourth-order valence-electron chi connectivity index (χ4n) is 3.59. The molecule has 5 rings (SSSR count). The highest BCUT2D eigenvalue weighted by Gasteiger charge is 2.29. The molecule has 0 bridgehead atoms. The number of anilines is 1. The Morgan fingerprint density at radius 1 is 1.25 bits per heavy atom. The SMILES string of the molecule is O=c1ccc(-n2ccnc2)nn1CC1CCCN1c1nc2ccc(F)cc2o1. The van der Waals surface area contributed by atoms with Gasteiger partial charge in [0.2, 0.25) is 0 Å². The molecular formula is C19H17FN6O2. The number of hydrogen-bond donors (Lipinski definition) is 0. The average molecular weight is 380 g/mol. The highest BCUT2D eigenvalue weighted by Crippen LogP contribution is 2.29. The summed E-state index contributed by atoms with van der Waals surface area (Å²) in [5, 5.41) is 4.46. The molecule has 1 atom stereocenters. The van der Waals surface area contributed by atoms with Crippen molar-refractivity contribution >= 4 is 17.1 Å². The largest absolute Gasteiger partial charge is 0.423 e. The molecule has 0 spiro atoms. The van der Waals surface area contributed by atoms with Gasteiger partial charge in [0.15, 0.2) is 11.4 Å². The molecule has 0 radical (unpaired) electrons. The van der Waals surface area contributed by atoms with Gasteiger partial charge in [-0.1, -0.05) is 0 Å². The van der Waals surface area contributed by atoms with Gasteiger partial charge in [-0.15, -0.1) is 0 Å². The number of fused-ring (bicyclic) bond motifs is 1. The van der Waals surface area contributed by atoms with Gasteiger partial charge in [0.1, 0.15) is 17.7 Å². The second kappa shape index (κ2) is 6.59. The van der Waals surface area contributed by atoms with E-state index in [9.17, 15) is 9.18 Å². The molecule has 4 heterocycles. The lowest BCUT2D eigenvalue weighted by Crippen LogP contribution is -2.37. The Labute approximate surface area is 158 Å². The van der Waals surface area contributed by atoms with Crippen LogP contribution in [0.5, 0.6) is 0 Å². The van der Waals surface area contributed by atoms with Gasteiger partial charge >= 0.3 is 0 Å². The summed E-state index contributed by atoms with van der Waals surface area (Å²) >= 11 is 0. The summed E-state index contributed by atoms with van der Waals surface area (Å²) in [5.74, 6) is 0.263. The van der Waals surface area contributed by atoms with E-state index in [1.165, 1.54) is 22.9 Å². The number of aromatic nitrogens is 5. The lowest BCUT2D eigenvalue weighted by molar-refractivity contribution is 0.463. The fourth-order valence-corrected chi connectivity index (χ4v) is 3.59. The van der Waals surface area contributed by atoms with E-state index in [0.717, 1.165) is 19.4 Å². The first-order valence-electron chi connectivity index (χ1n) is 9.06. The van der Waals surface area contributed by atoms with E-state index >= 15 is 0 Å². The van der Waals surface area contributed by atoms with Gasteiger partial charge in [0, 0.05) is 31.1 Å². The maximum absolute atomic E-state index is 13.4. The topological polar surface area (TPSA) is 82.0 Å². The monoisotopic (exact) mass is 380 g/mol. The first-order chi connectivity index (χ1) is 13.7. The number of benzene rings is 1. The van der Waals surface area contributed by atoms with Crippen LogP contribution in [-0.2, 0) is 6.54 Å². The number of rotatable bonds is 4. The molecule has 0 saturated carbocycles. The van der Waals surface area contributed by atoms with E-state index in [-0.39, 0.29) is 17.4 Å². The van der Waals surface area contributed by atoms with E-state index in [0.29, 0.717) is 29.5 Å². The summed E-state index contributed by atoms with van der Waals surface area (Å²) in [7, 11) is 0. The number of halogens is 1. The number of oxazole rings is 1. The van der Waals surface area contributed by atoms with Gasteiger partial charge in [0.25, 0.3) is 11.6 Å². The molecule has 1 saturated heterocycles. The van der Waals surface area contributed by atoms with Crippen LogP contribution in [0, 0.1) is 5.82 Å². The van der Waals surface area contributed by atoms with Crippen molar-refractivity contribution in [1.82, 2.24) is 24.3 Å². The van der Waals surface area contributed by atoms with Gasteiger partial charge < -0.3 is 9.32 Å². The van der Waals surface area contributed by atoms with Crippen molar-refractivity contribution in [3.05, 3.63) is 65.2 Å². The van der Waals surface area contributed by atoms with Gasteiger partial charge in [-0.3, -0.25) is 9.36 Å². The normalized spacial score (nSPS) is 16.9. The van der Waals surface area contributed by atoms with Crippen LogP contribution >= 0.6 is 0 Å². The van der Waals surface area contributed by atoms with Crippen LogP contribution in [0.15, 0.2) is 58.3 Å². The number of imidazole rings is 1. The summed E-state index contributed by atoms with van der Waals surface area (Å²) in [6, 6.07) is 7.93. The Kier molecular flexibility index (Phi) is 3.92. The van der Waals surface area contributed by atoms with Crippen molar-refractivity contribution in [3.8, 4) is 5.82 Å². The number of nitrogens with zero attached hydrogens (tertiary/aromatic N) is 6. The maximum atomic E-state index is 13.4. The van der Waals surface area contributed by atoms with Gasteiger partial charge in [0.05, 0.1) is 12.6 Å². The molecule has 0 amide bonds. The Morgan fingerprint density at radius 3 is 3.04 bits per heavy atom. The Morgan fingerprint density at radius 2 is 2.18 bits per heavy atom. The van der Waals surface area contributed by atoms with Gasteiger partial charge in [-0.05, 0) is 31.0 Å². The Hall–Kier alpha value is -3.49. The minimum Gasteiger partial charge on any atom is -0.423 e. The van der Waals surface area contributed by atoms with Crippen molar-refractivity contribution in [2.75, 3.05) is 11.4 Å².